The summed E-state index contributed by atoms with van der Waals surface area (Å²) >= 11 is 0. The zero-order valence-electron chi connectivity index (χ0n) is 15.8. The number of furan rings is 1. The number of hydrogen-bond acceptors (Lipinski definition) is 4. The second-order valence-corrected chi connectivity index (χ2v) is 6.19. The number of hydrogen-bond donors (Lipinski definition) is 2. The molecule has 0 aliphatic heterocycles. The van der Waals surface area contributed by atoms with E-state index in [9.17, 15) is 4.79 Å². The lowest BCUT2D eigenvalue weighted by Gasteiger charge is -2.14. The van der Waals surface area contributed by atoms with Crippen LogP contribution in [-0.4, -0.2) is 32.7 Å². The molecular formula is C22H25N2O4+. The van der Waals surface area contributed by atoms with E-state index in [0.29, 0.717) is 24.7 Å². The molecule has 0 spiro atoms. The van der Waals surface area contributed by atoms with Gasteiger partial charge >= 0.3 is 0 Å². The van der Waals surface area contributed by atoms with E-state index in [1.165, 1.54) is 0 Å². The summed E-state index contributed by atoms with van der Waals surface area (Å²) in [4.78, 5) is 12.2. The molecule has 1 amide bonds. The summed E-state index contributed by atoms with van der Waals surface area (Å²) < 4.78 is 16.5. The zero-order chi connectivity index (χ0) is 19.6. The third-order valence-electron chi connectivity index (χ3n) is 4.30. The van der Waals surface area contributed by atoms with E-state index in [4.69, 9.17) is 13.9 Å². The van der Waals surface area contributed by atoms with Crippen molar-refractivity contribution in [1.29, 1.82) is 0 Å². The van der Waals surface area contributed by atoms with Crippen molar-refractivity contribution in [3.63, 3.8) is 0 Å². The minimum absolute atomic E-state index is 0.0592. The van der Waals surface area contributed by atoms with Gasteiger partial charge in [-0.3, -0.25) is 4.79 Å². The Morgan fingerprint density at radius 2 is 1.79 bits per heavy atom. The highest BCUT2D eigenvalue weighted by Crippen LogP contribution is 2.25. The Morgan fingerprint density at radius 3 is 2.50 bits per heavy atom. The van der Waals surface area contributed by atoms with Crippen LogP contribution in [0.25, 0.3) is 0 Å². The van der Waals surface area contributed by atoms with E-state index in [1.54, 1.807) is 13.4 Å². The lowest BCUT2D eigenvalue weighted by molar-refractivity contribution is -0.678. The van der Waals surface area contributed by atoms with Gasteiger partial charge in [-0.15, -0.1) is 0 Å². The molecule has 0 bridgehead atoms. The van der Waals surface area contributed by atoms with Crippen LogP contribution in [0.2, 0.25) is 0 Å². The van der Waals surface area contributed by atoms with Gasteiger partial charge in [0, 0.05) is 5.56 Å². The lowest BCUT2D eigenvalue weighted by atomic mass is 10.0. The smallest absolute Gasteiger partial charge is 0.275 e. The number of quaternary nitrogens is 1. The van der Waals surface area contributed by atoms with E-state index >= 15 is 0 Å². The van der Waals surface area contributed by atoms with Crippen molar-refractivity contribution >= 4 is 5.91 Å². The average molecular weight is 381 g/mol. The highest BCUT2D eigenvalue weighted by atomic mass is 16.5. The van der Waals surface area contributed by atoms with Gasteiger partial charge in [-0.25, -0.2) is 0 Å². The molecule has 2 aromatic carbocycles. The fourth-order valence-electron chi connectivity index (χ4n) is 2.93. The van der Waals surface area contributed by atoms with Gasteiger partial charge in [-0.05, 0) is 24.3 Å². The maximum atomic E-state index is 12.2. The molecule has 0 fully saturated rings. The standard InChI is InChI=1S/C22H24N2O4/c1-26-18-10-5-6-11-19(18)28-15-13-23-21(25)16-24-22(20-12-7-14-27-20)17-8-3-2-4-9-17/h2-12,14,22,24H,13,15-16H2,1H3,(H,23,25)/p+1/t22-/m0/s1. The highest BCUT2D eigenvalue weighted by Gasteiger charge is 2.21. The van der Waals surface area contributed by atoms with E-state index in [1.807, 2.05) is 72.0 Å². The molecule has 1 atom stereocenters. The Labute approximate surface area is 164 Å². The van der Waals surface area contributed by atoms with Crippen molar-refractivity contribution in [3.05, 3.63) is 84.3 Å². The van der Waals surface area contributed by atoms with Crippen LogP contribution >= 0.6 is 0 Å². The third-order valence-corrected chi connectivity index (χ3v) is 4.30. The minimum Gasteiger partial charge on any atom is -0.493 e. The Kier molecular flexibility index (Phi) is 7.09. The van der Waals surface area contributed by atoms with Gasteiger partial charge in [0.2, 0.25) is 0 Å². The second kappa shape index (κ2) is 10.2. The molecule has 0 saturated carbocycles. The van der Waals surface area contributed by atoms with Gasteiger partial charge in [-0.1, -0.05) is 42.5 Å². The number of amides is 1. The van der Waals surface area contributed by atoms with Gasteiger partial charge in [0.1, 0.15) is 6.61 Å². The predicted molar refractivity (Wildman–Crippen MR) is 105 cm³/mol. The molecule has 6 heteroatoms. The molecule has 0 saturated heterocycles. The molecule has 28 heavy (non-hydrogen) atoms. The van der Waals surface area contributed by atoms with Crippen molar-refractivity contribution < 1.29 is 24.0 Å². The summed E-state index contributed by atoms with van der Waals surface area (Å²) in [5.74, 6) is 2.09. The van der Waals surface area contributed by atoms with E-state index in [-0.39, 0.29) is 18.5 Å². The summed E-state index contributed by atoms with van der Waals surface area (Å²) in [6, 6.07) is 21.1. The Balaban J connectivity index is 1.46. The summed E-state index contributed by atoms with van der Waals surface area (Å²) in [5, 5.41) is 4.84. The van der Waals surface area contributed by atoms with Gasteiger partial charge in [-0.2, -0.15) is 0 Å². The first-order valence-corrected chi connectivity index (χ1v) is 9.22. The molecule has 0 radical (unpaired) electrons. The molecule has 3 N–H and O–H groups in total. The van der Waals surface area contributed by atoms with Crippen LogP contribution in [0.4, 0.5) is 0 Å². The monoisotopic (exact) mass is 381 g/mol. The van der Waals surface area contributed by atoms with Crippen molar-refractivity contribution in [2.75, 3.05) is 26.8 Å². The maximum Gasteiger partial charge on any atom is 0.275 e. The molecule has 146 valence electrons. The Bertz CT molecular complexity index is 850. The highest BCUT2D eigenvalue weighted by molar-refractivity contribution is 5.76. The molecule has 3 rings (SSSR count). The van der Waals surface area contributed by atoms with Crippen molar-refractivity contribution in [1.82, 2.24) is 5.32 Å². The first kappa shape index (κ1) is 19.5. The normalized spacial score (nSPS) is 11.6. The molecule has 6 nitrogen and oxygen atoms in total. The van der Waals surface area contributed by atoms with Crippen LogP contribution in [0.3, 0.4) is 0 Å². The minimum atomic E-state index is -0.0632. The summed E-state index contributed by atoms with van der Waals surface area (Å²) in [6.45, 7) is 1.07. The predicted octanol–water partition coefficient (Wildman–Crippen LogP) is 2.14. The second-order valence-electron chi connectivity index (χ2n) is 6.19. The molecule has 0 aliphatic carbocycles. The zero-order valence-corrected chi connectivity index (χ0v) is 15.8. The van der Waals surface area contributed by atoms with Crippen molar-refractivity contribution in [2.24, 2.45) is 0 Å². The van der Waals surface area contributed by atoms with Crippen LogP contribution < -0.4 is 20.1 Å². The number of nitrogens with two attached hydrogens (primary N) is 1. The number of benzene rings is 2. The summed E-state index contributed by atoms with van der Waals surface area (Å²) in [7, 11) is 1.60. The van der Waals surface area contributed by atoms with Gasteiger partial charge < -0.3 is 24.5 Å². The summed E-state index contributed by atoms with van der Waals surface area (Å²) in [6.07, 6.45) is 1.65. The third kappa shape index (κ3) is 5.37. The van der Waals surface area contributed by atoms with Crippen molar-refractivity contribution in [2.45, 2.75) is 6.04 Å². The van der Waals surface area contributed by atoms with E-state index in [0.717, 1.165) is 11.3 Å². The SMILES string of the molecule is COc1ccccc1OCCNC(=O)C[NH2+][C@@H](c1ccccc1)c1ccco1. The van der Waals surface area contributed by atoms with Crippen LogP contribution in [-0.2, 0) is 4.79 Å². The number of methoxy groups -OCH3 is 1. The van der Waals surface area contributed by atoms with E-state index < -0.39 is 0 Å². The first-order valence-electron chi connectivity index (χ1n) is 9.22. The van der Waals surface area contributed by atoms with Crippen molar-refractivity contribution in [3.8, 4) is 11.5 Å². The largest absolute Gasteiger partial charge is 0.493 e. The van der Waals surface area contributed by atoms with Gasteiger partial charge in [0.25, 0.3) is 5.91 Å². The maximum absolute atomic E-state index is 12.2. The fourth-order valence-corrected chi connectivity index (χ4v) is 2.93. The van der Waals surface area contributed by atoms with Crippen LogP contribution in [0, 0.1) is 0 Å². The molecule has 0 unspecified atom stereocenters. The fraction of sp³-hybridized carbons (Fsp3) is 0.227. The number of nitrogens with one attached hydrogen (secondary N) is 1. The number of rotatable bonds is 10. The number of carbonyl (C=O) groups excluding carboxylic acids is 1. The molecule has 3 aromatic rings. The van der Waals surface area contributed by atoms with Crippen LogP contribution in [0.1, 0.15) is 17.4 Å². The van der Waals surface area contributed by atoms with Crippen LogP contribution in [0.5, 0.6) is 11.5 Å². The molecule has 0 aliphatic rings. The number of para-hydroxylation sites is 2. The van der Waals surface area contributed by atoms with Gasteiger partial charge in [0.05, 0.1) is 19.9 Å². The Morgan fingerprint density at radius 1 is 1.04 bits per heavy atom. The molecule has 1 heterocycles. The Hall–Kier alpha value is -3.25. The number of ether oxygens (including phenoxy) is 2. The average Bonchev–Trinajstić information content (AvgIpc) is 3.27. The van der Waals surface area contributed by atoms with E-state index in [2.05, 4.69) is 5.32 Å². The molecular weight excluding hydrogens is 356 g/mol. The van der Waals surface area contributed by atoms with Gasteiger partial charge in [0.15, 0.2) is 29.8 Å². The topological polar surface area (TPSA) is 77.3 Å². The number of carbonyl (C=O) groups is 1. The molecule has 1 aromatic heterocycles. The van der Waals surface area contributed by atoms with Crippen LogP contribution in [0.15, 0.2) is 77.4 Å². The first-order chi connectivity index (χ1) is 13.8. The summed E-state index contributed by atoms with van der Waals surface area (Å²) in [5.41, 5.74) is 1.09. The lowest BCUT2D eigenvalue weighted by Crippen LogP contribution is -2.87. The quantitative estimate of drug-likeness (QED) is 0.528.